The highest BCUT2D eigenvalue weighted by Gasteiger charge is 2.18. The molecule has 2 heterocycles. The number of fused-ring (bicyclic) bond motifs is 1. The summed E-state index contributed by atoms with van der Waals surface area (Å²) >= 11 is 0. The summed E-state index contributed by atoms with van der Waals surface area (Å²) in [5, 5.41) is 29.3. The Hall–Kier alpha value is -3.00. The Morgan fingerprint density at radius 2 is 2.05 bits per heavy atom. The molecule has 0 aliphatic rings. The maximum atomic E-state index is 12.0. The van der Waals surface area contributed by atoms with E-state index in [9.17, 15) is 20.1 Å². The lowest BCUT2D eigenvalue weighted by Gasteiger charge is -2.10. The van der Waals surface area contributed by atoms with Crippen molar-refractivity contribution in [2.75, 3.05) is 5.73 Å². The van der Waals surface area contributed by atoms with Gasteiger partial charge in [0.15, 0.2) is 11.5 Å². The molecule has 0 aliphatic heterocycles. The molecular weight excluding hydrogens is 288 g/mol. The van der Waals surface area contributed by atoms with Crippen molar-refractivity contribution >= 4 is 17.0 Å². The maximum Gasteiger partial charge on any atom is 0.262 e. The Kier molecular flexibility index (Phi) is 3.22. The number of aromatic nitrogens is 3. The summed E-state index contributed by atoms with van der Waals surface area (Å²) in [5.41, 5.74) is 6.31. The van der Waals surface area contributed by atoms with Crippen LogP contribution >= 0.6 is 0 Å². The van der Waals surface area contributed by atoms with Gasteiger partial charge in [0, 0.05) is 18.2 Å². The normalized spacial score (nSPS) is 12.6. The minimum absolute atomic E-state index is 0.0103. The second-order valence-electron chi connectivity index (χ2n) is 4.96. The van der Waals surface area contributed by atoms with E-state index in [1.54, 1.807) is 6.07 Å². The van der Waals surface area contributed by atoms with Gasteiger partial charge < -0.3 is 26.0 Å². The molecule has 7 N–H and O–H groups in total. The number of aliphatic hydroxyl groups is 1. The molecule has 0 saturated carbocycles. The highest BCUT2D eigenvalue weighted by atomic mass is 16.3. The first-order chi connectivity index (χ1) is 10.5. The van der Waals surface area contributed by atoms with Gasteiger partial charge in [0.05, 0.1) is 11.5 Å². The molecule has 114 valence electrons. The number of aromatic amines is 2. The number of nitrogens with two attached hydrogens (primary N) is 1. The fraction of sp³-hybridized carbons (Fsp3) is 0.143. The predicted octanol–water partition coefficient (Wildman–Crippen LogP) is 0.521. The van der Waals surface area contributed by atoms with E-state index in [-0.39, 0.29) is 29.3 Å². The molecule has 0 fully saturated rings. The van der Waals surface area contributed by atoms with Crippen LogP contribution in [0.1, 0.15) is 17.2 Å². The molecule has 0 spiro atoms. The first-order valence-electron chi connectivity index (χ1n) is 6.51. The number of benzene rings is 1. The van der Waals surface area contributed by atoms with E-state index in [2.05, 4.69) is 15.0 Å². The van der Waals surface area contributed by atoms with E-state index in [0.29, 0.717) is 16.8 Å². The summed E-state index contributed by atoms with van der Waals surface area (Å²) < 4.78 is 0. The molecule has 0 saturated heterocycles. The summed E-state index contributed by atoms with van der Waals surface area (Å²) in [4.78, 5) is 21.1. The third kappa shape index (κ3) is 2.35. The summed E-state index contributed by atoms with van der Waals surface area (Å²) in [6.07, 6.45) is 0.672. The average molecular weight is 302 g/mol. The van der Waals surface area contributed by atoms with Crippen molar-refractivity contribution in [3.8, 4) is 11.5 Å². The van der Waals surface area contributed by atoms with Crippen molar-refractivity contribution in [2.45, 2.75) is 12.5 Å². The van der Waals surface area contributed by atoms with E-state index in [1.807, 2.05) is 0 Å². The topological polar surface area (TPSA) is 148 Å². The van der Waals surface area contributed by atoms with Gasteiger partial charge in [-0.15, -0.1) is 0 Å². The van der Waals surface area contributed by atoms with Crippen LogP contribution in [0.5, 0.6) is 11.5 Å². The second kappa shape index (κ2) is 5.08. The van der Waals surface area contributed by atoms with Crippen LogP contribution in [0.2, 0.25) is 0 Å². The van der Waals surface area contributed by atoms with E-state index in [1.165, 1.54) is 18.3 Å². The van der Waals surface area contributed by atoms with Crippen LogP contribution in [-0.2, 0) is 6.42 Å². The van der Waals surface area contributed by atoms with Gasteiger partial charge in [-0.25, -0.2) is 0 Å². The van der Waals surface area contributed by atoms with E-state index < -0.39 is 11.7 Å². The zero-order valence-electron chi connectivity index (χ0n) is 11.4. The number of nitrogens with zero attached hydrogens (tertiary/aromatic N) is 1. The van der Waals surface area contributed by atoms with Crippen LogP contribution < -0.4 is 11.3 Å². The van der Waals surface area contributed by atoms with Gasteiger partial charge in [0.25, 0.3) is 5.56 Å². The first kappa shape index (κ1) is 14.0. The smallest absolute Gasteiger partial charge is 0.262 e. The van der Waals surface area contributed by atoms with Crippen LogP contribution in [0.15, 0.2) is 29.2 Å². The number of aromatic hydroxyl groups is 2. The van der Waals surface area contributed by atoms with Gasteiger partial charge in [0.2, 0.25) is 5.95 Å². The summed E-state index contributed by atoms with van der Waals surface area (Å²) in [6.45, 7) is 0. The van der Waals surface area contributed by atoms with E-state index >= 15 is 0 Å². The predicted molar refractivity (Wildman–Crippen MR) is 79.6 cm³/mol. The SMILES string of the molecule is Nc1nc2[nH]cc(C(O)Cc3ccc(O)c(O)c3)c2c(=O)[nH]1. The molecule has 8 nitrogen and oxygen atoms in total. The zero-order chi connectivity index (χ0) is 15.9. The highest BCUT2D eigenvalue weighted by molar-refractivity contribution is 5.79. The third-order valence-electron chi connectivity index (χ3n) is 3.42. The molecule has 0 radical (unpaired) electrons. The number of hydrogen-bond donors (Lipinski definition) is 6. The number of nitrogen functional groups attached to an aromatic ring is 1. The minimum atomic E-state index is -0.982. The number of rotatable bonds is 3. The number of phenolic OH excluding ortho intramolecular Hbond substituents is 2. The quantitative estimate of drug-likeness (QED) is 0.388. The molecule has 1 atom stereocenters. The van der Waals surface area contributed by atoms with Gasteiger partial charge in [-0.2, -0.15) is 4.98 Å². The lowest BCUT2D eigenvalue weighted by atomic mass is 10.0. The van der Waals surface area contributed by atoms with Crippen molar-refractivity contribution < 1.29 is 15.3 Å². The van der Waals surface area contributed by atoms with Gasteiger partial charge in [-0.05, 0) is 17.7 Å². The van der Waals surface area contributed by atoms with Crippen molar-refractivity contribution in [3.63, 3.8) is 0 Å². The molecule has 0 aliphatic carbocycles. The van der Waals surface area contributed by atoms with Crippen LogP contribution in [0.4, 0.5) is 5.95 Å². The van der Waals surface area contributed by atoms with Crippen LogP contribution in [0.25, 0.3) is 11.0 Å². The van der Waals surface area contributed by atoms with Crippen LogP contribution in [0, 0.1) is 0 Å². The van der Waals surface area contributed by atoms with Crippen molar-refractivity contribution in [3.05, 3.63) is 45.9 Å². The van der Waals surface area contributed by atoms with Crippen molar-refractivity contribution in [1.29, 1.82) is 0 Å². The number of phenols is 2. The number of H-pyrrole nitrogens is 2. The molecule has 8 heteroatoms. The molecule has 1 unspecified atom stereocenters. The minimum Gasteiger partial charge on any atom is -0.504 e. The third-order valence-corrected chi connectivity index (χ3v) is 3.42. The second-order valence-corrected chi connectivity index (χ2v) is 4.96. The maximum absolute atomic E-state index is 12.0. The summed E-state index contributed by atoms with van der Waals surface area (Å²) in [5.74, 6) is -0.513. The molecule has 0 bridgehead atoms. The van der Waals surface area contributed by atoms with Crippen molar-refractivity contribution in [1.82, 2.24) is 15.0 Å². The lowest BCUT2D eigenvalue weighted by molar-refractivity contribution is 0.180. The summed E-state index contributed by atoms with van der Waals surface area (Å²) in [6, 6.07) is 4.27. The lowest BCUT2D eigenvalue weighted by Crippen LogP contribution is -2.13. The van der Waals surface area contributed by atoms with Gasteiger partial charge in [-0.3, -0.25) is 9.78 Å². The molecule has 1 aromatic carbocycles. The Labute approximate surface area is 123 Å². The van der Waals surface area contributed by atoms with Crippen molar-refractivity contribution in [2.24, 2.45) is 0 Å². The van der Waals surface area contributed by atoms with Gasteiger partial charge >= 0.3 is 0 Å². The molecule has 22 heavy (non-hydrogen) atoms. The monoisotopic (exact) mass is 302 g/mol. The van der Waals surface area contributed by atoms with Gasteiger partial charge in [0.1, 0.15) is 5.65 Å². The van der Waals surface area contributed by atoms with E-state index in [4.69, 9.17) is 5.73 Å². The number of hydrogen-bond acceptors (Lipinski definition) is 6. The first-order valence-corrected chi connectivity index (χ1v) is 6.51. The average Bonchev–Trinajstić information content (AvgIpc) is 2.87. The largest absolute Gasteiger partial charge is 0.504 e. The van der Waals surface area contributed by atoms with Gasteiger partial charge in [-0.1, -0.05) is 6.07 Å². The Bertz CT molecular complexity index is 899. The number of aliphatic hydroxyl groups excluding tert-OH is 1. The Balaban J connectivity index is 1.97. The fourth-order valence-electron chi connectivity index (χ4n) is 2.37. The molecule has 0 amide bonds. The number of nitrogens with one attached hydrogen (secondary N) is 2. The standard InChI is InChI=1S/C14H14N4O4/c15-14-17-12-11(13(22)18-14)7(5-16-12)9(20)3-6-1-2-8(19)10(21)4-6/h1-2,4-5,9,19-21H,3H2,(H4,15,16,17,18,22). The zero-order valence-corrected chi connectivity index (χ0v) is 11.4. The molecule has 2 aromatic heterocycles. The fourth-order valence-corrected chi connectivity index (χ4v) is 2.37. The molecule has 3 aromatic rings. The Morgan fingerprint density at radius 1 is 1.27 bits per heavy atom. The molecule has 3 rings (SSSR count). The van der Waals surface area contributed by atoms with Crippen LogP contribution in [-0.4, -0.2) is 30.3 Å². The van der Waals surface area contributed by atoms with E-state index in [0.717, 1.165) is 0 Å². The molecular formula is C14H14N4O4. The van der Waals surface area contributed by atoms with Crippen LogP contribution in [0.3, 0.4) is 0 Å². The number of anilines is 1. The Morgan fingerprint density at radius 3 is 2.77 bits per heavy atom. The summed E-state index contributed by atoms with van der Waals surface area (Å²) in [7, 11) is 0. The highest BCUT2D eigenvalue weighted by Crippen LogP contribution is 2.28.